The number of hydrogen-bond donors (Lipinski definition) is 1. The summed E-state index contributed by atoms with van der Waals surface area (Å²) in [5, 5.41) is 2.31. The highest BCUT2D eigenvalue weighted by Crippen LogP contribution is 2.31. The number of H-pyrrole nitrogens is 1. The number of rotatable bonds is 3. The number of piperidine rings is 1. The quantitative estimate of drug-likeness (QED) is 0.948. The molecule has 118 valence electrons. The summed E-state index contributed by atoms with van der Waals surface area (Å²) in [5.74, 6) is -0.296. The minimum Gasteiger partial charge on any atom is -0.383 e. The van der Waals surface area contributed by atoms with E-state index in [1.54, 1.807) is 0 Å². The second-order valence-corrected chi connectivity index (χ2v) is 5.95. The Bertz CT molecular complexity index is 690. The first-order valence-electron chi connectivity index (χ1n) is 7.35. The summed E-state index contributed by atoms with van der Waals surface area (Å²) in [6, 6.07) is 5.26. The van der Waals surface area contributed by atoms with Crippen molar-refractivity contribution in [1.82, 2.24) is 10.1 Å². The second-order valence-electron chi connectivity index (χ2n) is 5.95. The lowest BCUT2D eigenvalue weighted by Gasteiger charge is -2.36. The minimum absolute atomic E-state index is 0.151. The number of benzene rings is 1. The van der Waals surface area contributed by atoms with Gasteiger partial charge in [-0.15, -0.1) is 0 Å². The predicted molar refractivity (Wildman–Crippen MR) is 77.8 cm³/mol. The molecule has 1 aliphatic rings. The van der Waals surface area contributed by atoms with Gasteiger partial charge in [0.15, 0.2) is 0 Å². The lowest BCUT2D eigenvalue weighted by molar-refractivity contribution is 0.155. The molecule has 0 spiro atoms. The smallest absolute Gasteiger partial charge is 0.280 e. The van der Waals surface area contributed by atoms with Crippen LogP contribution in [0.4, 0.5) is 8.78 Å². The number of likely N-dealkylation sites (N-methyl/N-ethyl adjacent to an activating group) is 1. The maximum Gasteiger partial charge on any atom is 0.280 e. The van der Waals surface area contributed by atoms with Crippen LogP contribution in [0.1, 0.15) is 30.1 Å². The lowest BCUT2D eigenvalue weighted by Crippen LogP contribution is -2.40. The van der Waals surface area contributed by atoms with Crippen molar-refractivity contribution >= 4 is 0 Å². The van der Waals surface area contributed by atoms with Crippen molar-refractivity contribution in [3.63, 3.8) is 0 Å². The molecule has 0 saturated carbocycles. The van der Waals surface area contributed by atoms with E-state index in [1.807, 2.05) is 7.05 Å². The van der Waals surface area contributed by atoms with Crippen molar-refractivity contribution in [2.24, 2.45) is 0 Å². The Kier molecular flexibility index (Phi) is 4.11. The van der Waals surface area contributed by atoms with E-state index in [0.29, 0.717) is 17.7 Å². The molecular formula is C16H18F2N2O2. The molecule has 6 heteroatoms. The van der Waals surface area contributed by atoms with E-state index < -0.39 is 11.6 Å². The Morgan fingerprint density at radius 1 is 1.27 bits per heavy atom. The average molecular weight is 308 g/mol. The Labute approximate surface area is 126 Å². The molecule has 1 N–H and O–H groups in total. The summed E-state index contributed by atoms with van der Waals surface area (Å²) in [4.78, 5) is 13.4. The van der Waals surface area contributed by atoms with Gasteiger partial charge >= 0.3 is 0 Å². The van der Waals surface area contributed by atoms with Crippen molar-refractivity contribution < 1.29 is 13.3 Å². The van der Waals surface area contributed by atoms with Gasteiger partial charge in [0.25, 0.3) is 5.56 Å². The van der Waals surface area contributed by atoms with E-state index in [9.17, 15) is 13.6 Å². The van der Waals surface area contributed by atoms with Gasteiger partial charge in [-0.3, -0.25) is 4.79 Å². The van der Waals surface area contributed by atoms with Crippen LogP contribution < -0.4 is 5.56 Å². The van der Waals surface area contributed by atoms with Crippen LogP contribution in [-0.2, 0) is 6.42 Å². The van der Waals surface area contributed by atoms with E-state index in [0.717, 1.165) is 25.5 Å². The van der Waals surface area contributed by atoms with Gasteiger partial charge in [0.1, 0.15) is 17.4 Å². The van der Waals surface area contributed by atoms with Gasteiger partial charge in [-0.1, -0.05) is 0 Å². The van der Waals surface area contributed by atoms with Gasteiger partial charge in [-0.2, -0.15) is 5.16 Å². The fourth-order valence-electron chi connectivity index (χ4n) is 3.17. The first-order chi connectivity index (χ1) is 10.5. The fraction of sp³-hybridized carbons (Fsp3) is 0.438. The van der Waals surface area contributed by atoms with E-state index >= 15 is 0 Å². The zero-order valence-corrected chi connectivity index (χ0v) is 12.3. The van der Waals surface area contributed by atoms with E-state index in [2.05, 4.69) is 10.1 Å². The first kappa shape index (κ1) is 15.0. The SMILES string of the molecule is CN1CC[C@H](c2cc(=O)[nH]o2)C[C@@H]1Cc1cc(F)cc(F)c1. The summed E-state index contributed by atoms with van der Waals surface area (Å²) < 4.78 is 31.8. The number of nitrogens with zero attached hydrogens (tertiary/aromatic N) is 1. The van der Waals surface area contributed by atoms with Gasteiger partial charge in [-0.25, -0.2) is 8.78 Å². The first-order valence-corrected chi connectivity index (χ1v) is 7.35. The summed E-state index contributed by atoms with van der Waals surface area (Å²) in [6.45, 7) is 0.849. The number of likely N-dealkylation sites (tertiary alicyclic amines) is 1. The van der Waals surface area contributed by atoms with Crippen molar-refractivity contribution in [2.45, 2.75) is 31.2 Å². The highest BCUT2D eigenvalue weighted by molar-refractivity contribution is 5.19. The van der Waals surface area contributed by atoms with Gasteiger partial charge in [0.2, 0.25) is 0 Å². The standard InChI is InChI=1S/C16H18F2N2O2/c1-20-3-2-11(15-9-16(21)19-22-15)7-14(20)6-10-4-12(17)8-13(18)5-10/h4-5,8-9,11,14H,2-3,6-7H2,1H3,(H,19,21)/t11-,14-/m0/s1. The normalized spacial score (nSPS) is 22.9. The van der Waals surface area contributed by atoms with Crippen LogP contribution >= 0.6 is 0 Å². The molecule has 1 aliphatic heterocycles. The third-order valence-corrected chi connectivity index (χ3v) is 4.35. The Hall–Kier alpha value is -1.95. The third-order valence-electron chi connectivity index (χ3n) is 4.35. The van der Waals surface area contributed by atoms with E-state index in [4.69, 9.17) is 4.52 Å². The minimum atomic E-state index is -0.554. The molecule has 3 rings (SSSR count). The average Bonchev–Trinajstić information content (AvgIpc) is 2.87. The van der Waals surface area contributed by atoms with E-state index in [-0.39, 0.29) is 17.5 Å². The molecule has 4 nitrogen and oxygen atoms in total. The van der Waals surface area contributed by atoms with Gasteiger partial charge in [-0.05, 0) is 50.6 Å². The number of hydrogen-bond acceptors (Lipinski definition) is 3. The molecular weight excluding hydrogens is 290 g/mol. The van der Waals surface area contributed by atoms with Crippen LogP contribution in [0, 0.1) is 11.6 Å². The van der Waals surface area contributed by atoms with Gasteiger partial charge in [0.05, 0.1) is 0 Å². The number of aromatic nitrogens is 1. The van der Waals surface area contributed by atoms with Crippen LogP contribution in [0.5, 0.6) is 0 Å². The van der Waals surface area contributed by atoms with Crippen LogP contribution in [0.25, 0.3) is 0 Å². The van der Waals surface area contributed by atoms with Crippen LogP contribution in [0.15, 0.2) is 33.6 Å². The topological polar surface area (TPSA) is 49.2 Å². The molecule has 1 aromatic heterocycles. The van der Waals surface area contributed by atoms with Crippen LogP contribution in [0.3, 0.4) is 0 Å². The van der Waals surface area contributed by atoms with Crippen LogP contribution in [0.2, 0.25) is 0 Å². The molecule has 0 bridgehead atoms. The molecule has 22 heavy (non-hydrogen) atoms. The molecule has 1 aromatic carbocycles. The fourth-order valence-corrected chi connectivity index (χ4v) is 3.17. The summed E-state index contributed by atoms with van der Waals surface area (Å²) in [6.07, 6.45) is 2.25. The molecule has 0 amide bonds. The largest absolute Gasteiger partial charge is 0.383 e. The lowest BCUT2D eigenvalue weighted by atomic mass is 9.86. The molecule has 1 saturated heterocycles. The zero-order valence-electron chi connectivity index (χ0n) is 12.3. The van der Waals surface area contributed by atoms with Gasteiger partial charge in [0, 0.05) is 24.1 Å². The molecule has 1 fully saturated rings. The monoisotopic (exact) mass is 308 g/mol. The Morgan fingerprint density at radius 2 is 2.00 bits per heavy atom. The highest BCUT2D eigenvalue weighted by Gasteiger charge is 2.29. The third kappa shape index (κ3) is 3.27. The molecule has 0 unspecified atom stereocenters. The maximum atomic E-state index is 13.3. The van der Waals surface area contributed by atoms with Crippen molar-refractivity contribution in [3.8, 4) is 0 Å². The molecule has 2 atom stereocenters. The number of nitrogens with one attached hydrogen (secondary N) is 1. The predicted octanol–water partition coefficient (Wildman–Crippen LogP) is 2.67. The molecule has 2 heterocycles. The van der Waals surface area contributed by atoms with E-state index in [1.165, 1.54) is 18.2 Å². The molecule has 2 aromatic rings. The zero-order chi connectivity index (χ0) is 15.7. The Morgan fingerprint density at radius 3 is 2.64 bits per heavy atom. The summed E-state index contributed by atoms with van der Waals surface area (Å²) >= 11 is 0. The van der Waals surface area contributed by atoms with Crippen LogP contribution in [-0.4, -0.2) is 29.7 Å². The Balaban J connectivity index is 1.75. The number of halogens is 2. The van der Waals surface area contributed by atoms with Gasteiger partial charge < -0.3 is 9.42 Å². The maximum absolute atomic E-state index is 13.3. The van der Waals surface area contributed by atoms with Crippen molar-refractivity contribution in [3.05, 3.63) is 57.6 Å². The number of aromatic amines is 1. The highest BCUT2D eigenvalue weighted by atomic mass is 19.1. The summed E-state index contributed by atoms with van der Waals surface area (Å²) in [5.41, 5.74) is 0.406. The van der Waals surface area contributed by atoms with Crippen molar-refractivity contribution in [1.29, 1.82) is 0 Å². The second kappa shape index (κ2) is 6.04. The molecule has 0 aliphatic carbocycles. The van der Waals surface area contributed by atoms with Crippen molar-refractivity contribution in [2.75, 3.05) is 13.6 Å². The molecule has 0 radical (unpaired) electrons. The summed E-state index contributed by atoms with van der Waals surface area (Å²) in [7, 11) is 2.00.